The van der Waals surface area contributed by atoms with Crippen molar-refractivity contribution < 1.29 is 14.3 Å². The molecule has 1 aliphatic rings. The number of ether oxygens (including phenoxy) is 2. The quantitative estimate of drug-likeness (QED) is 0.746. The molecule has 120 valence electrons. The van der Waals surface area contributed by atoms with Crippen molar-refractivity contribution in [3.8, 4) is 17.6 Å². The monoisotopic (exact) mass is 311 g/mol. The molecule has 0 saturated heterocycles. The molecule has 4 heteroatoms. The zero-order valence-electron chi connectivity index (χ0n) is 13.6. The van der Waals surface area contributed by atoms with Crippen LogP contribution in [-0.2, 0) is 11.2 Å². The lowest BCUT2D eigenvalue weighted by molar-refractivity contribution is 0.154. The van der Waals surface area contributed by atoms with Gasteiger partial charge in [0.2, 0.25) is 0 Å². The fraction of sp³-hybridized carbons (Fsp3) is 0.421. The first kappa shape index (κ1) is 15.5. The number of fused-ring (bicyclic) bond motifs is 1. The smallest absolute Gasteiger partial charge is 0.418 e. The lowest BCUT2D eigenvalue weighted by Gasteiger charge is -2.07. The Balaban J connectivity index is 2.13. The van der Waals surface area contributed by atoms with Gasteiger partial charge in [-0.3, -0.25) is 0 Å². The maximum atomic E-state index is 12.3. The molecular weight excluding hydrogens is 290 g/mol. The molecule has 0 spiro atoms. The number of aromatic nitrogens is 1. The SMILES string of the molecule is CCOC(=O)n1c(C)c2c3cc(ccc31)OCC#CCCCC2. The van der Waals surface area contributed by atoms with E-state index < -0.39 is 0 Å². The summed E-state index contributed by atoms with van der Waals surface area (Å²) in [6.07, 6.45) is 3.61. The van der Waals surface area contributed by atoms with Gasteiger partial charge in [-0.05, 0) is 56.9 Å². The molecular formula is C19H21NO3. The Bertz CT molecular complexity index is 792. The van der Waals surface area contributed by atoms with E-state index in [1.54, 1.807) is 4.57 Å². The van der Waals surface area contributed by atoms with Crippen LogP contribution in [0.2, 0.25) is 0 Å². The Kier molecular flexibility index (Phi) is 4.57. The lowest BCUT2D eigenvalue weighted by Crippen LogP contribution is -2.15. The molecule has 0 atom stereocenters. The Labute approximate surface area is 136 Å². The molecule has 0 N–H and O–H groups in total. The highest BCUT2D eigenvalue weighted by atomic mass is 16.5. The highest BCUT2D eigenvalue weighted by molar-refractivity contribution is 5.94. The number of aryl methyl sites for hydroxylation is 1. The maximum Gasteiger partial charge on any atom is 0.418 e. The van der Waals surface area contributed by atoms with Crippen LogP contribution in [0, 0.1) is 18.8 Å². The summed E-state index contributed by atoms with van der Waals surface area (Å²) in [7, 11) is 0. The standard InChI is InChI=1S/C19H21NO3/c1-3-22-19(21)20-14(2)16-9-7-5-4-6-8-12-23-15-10-11-18(20)17(16)13-15/h10-11,13H,3-5,7,9,12H2,1-2H3. The van der Waals surface area contributed by atoms with Crippen molar-refractivity contribution in [2.75, 3.05) is 13.2 Å². The van der Waals surface area contributed by atoms with Gasteiger partial charge in [0.15, 0.2) is 0 Å². The van der Waals surface area contributed by atoms with Crippen molar-refractivity contribution in [1.29, 1.82) is 0 Å². The zero-order chi connectivity index (χ0) is 16.2. The van der Waals surface area contributed by atoms with Crippen LogP contribution >= 0.6 is 0 Å². The maximum absolute atomic E-state index is 12.3. The predicted molar refractivity (Wildman–Crippen MR) is 89.9 cm³/mol. The second kappa shape index (κ2) is 6.78. The summed E-state index contributed by atoms with van der Waals surface area (Å²) in [6.45, 7) is 4.57. The third-order valence-electron chi connectivity index (χ3n) is 4.17. The average Bonchev–Trinajstić information content (AvgIpc) is 2.80. The fourth-order valence-electron chi connectivity index (χ4n) is 3.07. The summed E-state index contributed by atoms with van der Waals surface area (Å²) in [5, 5.41) is 1.07. The molecule has 2 heterocycles. The molecule has 0 amide bonds. The lowest BCUT2D eigenvalue weighted by atomic mass is 10.0. The number of hydrogen-bond acceptors (Lipinski definition) is 3. The summed E-state index contributed by atoms with van der Waals surface area (Å²) in [4.78, 5) is 12.3. The molecule has 1 aliphatic heterocycles. The number of carbonyl (C=O) groups excluding carboxylic acids is 1. The first-order valence-electron chi connectivity index (χ1n) is 8.12. The minimum Gasteiger partial charge on any atom is -0.481 e. The van der Waals surface area contributed by atoms with Crippen LogP contribution in [0.25, 0.3) is 10.9 Å². The molecule has 2 bridgehead atoms. The van der Waals surface area contributed by atoms with Crippen LogP contribution < -0.4 is 4.74 Å². The molecule has 0 aliphatic carbocycles. The molecule has 0 unspecified atom stereocenters. The van der Waals surface area contributed by atoms with Gasteiger partial charge in [0.05, 0.1) is 12.1 Å². The van der Waals surface area contributed by atoms with Gasteiger partial charge in [-0.15, -0.1) is 0 Å². The Morgan fingerprint density at radius 1 is 1.35 bits per heavy atom. The topological polar surface area (TPSA) is 40.5 Å². The number of rotatable bonds is 1. The average molecular weight is 311 g/mol. The highest BCUT2D eigenvalue weighted by Gasteiger charge is 2.19. The fourth-order valence-corrected chi connectivity index (χ4v) is 3.07. The minimum absolute atomic E-state index is 0.317. The zero-order valence-corrected chi connectivity index (χ0v) is 13.6. The van der Waals surface area contributed by atoms with Crippen molar-refractivity contribution >= 4 is 17.0 Å². The highest BCUT2D eigenvalue weighted by Crippen LogP contribution is 2.31. The van der Waals surface area contributed by atoms with Gasteiger partial charge in [0, 0.05) is 17.5 Å². The molecule has 0 radical (unpaired) electrons. The molecule has 1 aromatic heterocycles. The number of carbonyl (C=O) groups is 1. The second-order valence-electron chi connectivity index (χ2n) is 5.63. The van der Waals surface area contributed by atoms with Crippen LogP contribution in [0.4, 0.5) is 4.79 Å². The first-order valence-corrected chi connectivity index (χ1v) is 8.12. The molecule has 23 heavy (non-hydrogen) atoms. The second-order valence-corrected chi connectivity index (χ2v) is 5.63. The van der Waals surface area contributed by atoms with E-state index in [-0.39, 0.29) is 6.09 Å². The molecule has 3 rings (SSSR count). The normalized spacial score (nSPS) is 14.3. The summed E-state index contributed by atoms with van der Waals surface area (Å²) in [5.74, 6) is 6.96. The van der Waals surface area contributed by atoms with Crippen LogP contribution in [0.5, 0.6) is 5.75 Å². The Hall–Kier alpha value is -2.41. The van der Waals surface area contributed by atoms with Crippen molar-refractivity contribution in [2.24, 2.45) is 0 Å². The number of hydrogen-bond donors (Lipinski definition) is 0. The Morgan fingerprint density at radius 3 is 3.04 bits per heavy atom. The van der Waals surface area contributed by atoms with Gasteiger partial charge in [0.25, 0.3) is 0 Å². The van der Waals surface area contributed by atoms with Gasteiger partial charge in [-0.1, -0.05) is 11.8 Å². The van der Waals surface area contributed by atoms with Gasteiger partial charge in [-0.25, -0.2) is 9.36 Å². The molecule has 1 aromatic carbocycles. The van der Waals surface area contributed by atoms with E-state index in [0.29, 0.717) is 13.2 Å². The van der Waals surface area contributed by atoms with Crippen molar-refractivity contribution in [2.45, 2.75) is 39.5 Å². The first-order chi connectivity index (χ1) is 11.2. The number of nitrogens with zero attached hydrogens (tertiary/aromatic N) is 1. The third kappa shape index (κ3) is 3.05. The Morgan fingerprint density at radius 2 is 2.22 bits per heavy atom. The third-order valence-corrected chi connectivity index (χ3v) is 4.17. The van der Waals surface area contributed by atoms with Gasteiger partial charge in [-0.2, -0.15) is 0 Å². The van der Waals surface area contributed by atoms with E-state index >= 15 is 0 Å². The van der Waals surface area contributed by atoms with Crippen molar-refractivity contribution in [3.63, 3.8) is 0 Å². The summed E-state index contributed by atoms with van der Waals surface area (Å²) in [5.41, 5.74) is 3.04. The van der Waals surface area contributed by atoms with Crippen molar-refractivity contribution in [3.05, 3.63) is 29.5 Å². The van der Waals surface area contributed by atoms with Crippen LogP contribution in [0.15, 0.2) is 18.2 Å². The summed E-state index contributed by atoms with van der Waals surface area (Å²) in [6, 6.07) is 5.82. The largest absolute Gasteiger partial charge is 0.481 e. The van der Waals surface area contributed by atoms with Crippen LogP contribution in [0.3, 0.4) is 0 Å². The van der Waals surface area contributed by atoms with E-state index in [9.17, 15) is 4.79 Å². The number of benzene rings is 1. The molecule has 4 nitrogen and oxygen atoms in total. The van der Waals surface area contributed by atoms with Crippen LogP contribution in [-0.4, -0.2) is 23.9 Å². The van der Waals surface area contributed by atoms with E-state index in [4.69, 9.17) is 9.47 Å². The van der Waals surface area contributed by atoms with E-state index in [0.717, 1.165) is 48.0 Å². The van der Waals surface area contributed by atoms with Crippen molar-refractivity contribution in [1.82, 2.24) is 4.57 Å². The summed E-state index contributed by atoms with van der Waals surface area (Å²) < 4.78 is 12.6. The summed E-state index contributed by atoms with van der Waals surface area (Å²) >= 11 is 0. The van der Waals surface area contributed by atoms with Gasteiger partial charge in [0.1, 0.15) is 12.4 Å². The minimum atomic E-state index is -0.317. The van der Waals surface area contributed by atoms with Gasteiger partial charge >= 0.3 is 6.09 Å². The molecule has 2 aromatic rings. The van der Waals surface area contributed by atoms with Crippen LogP contribution in [0.1, 0.15) is 37.4 Å². The molecule has 0 fully saturated rings. The van der Waals surface area contributed by atoms with E-state index in [1.165, 1.54) is 5.56 Å². The van der Waals surface area contributed by atoms with Gasteiger partial charge < -0.3 is 9.47 Å². The predicted octanol–water partition coefficient (Wildman–Crippen LogP) is 4.06. The van der Waals surface area contributed by atoms with E-state index in [2.05, 4.69) is 11.8 Å². The molecule has 0 saturated carbocycles. The van der Waals surface area contributed by atoms with E-state index in [1.807, 2.05) is 32.0 Å².